The number of nitrogens with one attached hydrogen (secondary N) is 1. The normalized spacial score (nSPS) is 15.0. The highest BCUT2D eigenvalue weighted by molar-refractivity contribution is 7.22. The maximum absolute atomic E-state index is 12.6. The second-order valence-electron chi connectivity index (χ2n) is 7.98. The van der Waals surface area contributed by atoms with Crippen LogP contribution in [0.1, 0.15) is 22.2 Å². The van der Waals surface area contributed by atoms with E-state index < -0.39 is 0 Å². The van der Waals surface area contributed by atoms with Crippen molar-refractivity contribution < 1.29 is 4.79 Å². The topological polar surface area (TPSA) is 48.5 Å². The summed E-state index contributed by atoms with van der Waals surface area (Å²) in [6.45, 7) is 7.48. The number of halogens is 1. The SMILES string of the molecule is CCc1ccc2nc(N3CCN(CCNC(=O)c4sc5ccccc5c4Cl)CC3)sc2c1. The van der Waals surface area contributed by atoms with E-state index in [1.807, 2.05) is 24.3 Å². The molecule has 0 unspecified atom stereocenters. The lowest BCUT2D eigenvalue weighted by molar-refractivity contribution is 0.0952. The molecule has 0 bridgehead atoms. The van der Waals surface area contributed by atoms with E-state index in [9.17, 15) is 4.79 Å². The van der Waals surface area contributed by atoms with Gasteiger partial charge >= 0.3 is 0 Å². The number of anilines is 1. The van der Waals surface area contributed by atoms with E-state index in [1.165, 1.54) is 21.6 Å². The van der Waals surface area contributed by atoms with Crippen molar-refractivity contribution in [1.29, 1.82) is 0 Å². The van der Waals surface area contributed by atoms with Crippen molar-refractivity contribution in [3.63, 3.8) is 0 Å². The Hall–Kier alpha value is -2.19. The number of fused-ring (bicyclic) bond motifs is 2. The first kappa shape index (κ1) is 21.6. The Balaban J connectivity index is 1.13. The highest BCUT2D eigenvalue weighted by Gasteiger charge is 2.21. The van der Waals surface area contributed by atoms with Gasteiger partial charge in [-0.25, -0.2) is 4.98 Å². The van der Waals surface area contributed by atoms with Crippen LogP contribution in [0.4, 0.5) is 5.13 Å². The molecule has 3 heterocycles. The van der Waals surface area contributed by atoms with Crippen LogP contribution in [0.2, 0.25) is 5.02 Å². The fraction of sp³-hybridized carbons (Fsp3) is 0.333. The summed E-state index contributed by atoms with van der Waals surface area (Å²) in [5.41, 5.74) is 2.45. The van der Waals surface area contributed by atoms with Gasteiger partial charge in [-0.3, -0.25) is 9.69 Å². The van der Waals surface area contributed by atoms with E-state index in [0.717, 1.165) is 59.9 Å². The predicted molar refractivity (Wildman–Crippen MR) is 137 cm³/mol. The molecular formula is C24H25ClN4OS2. The number of hydrogen-bond acceptors (Lipinski definition) is 6. The van der Waals surface area contributed by atoms with Gasteiger partial charge < -0.3 is 10.2 Å². The lowest BCUT2D eigenvalue weighted by atomic mass is 10.2. The summed E-state index contributed by atoms with van der Waals surface area (Å²) in [5.74, 6) is -0.0873. The molecule has 1 aliphatic heterocycles. The Morgan fingerprint density at radius 2 is 1.91 bits per heavy atom. The van der Waals surface area contributed by atoms with Crippen molar-refractivity contribution >= 4 is 65.6 Å². The highest BCUT2D eigenvalue weighted by Crippen LogP contribution is 2.35. The summed E-state index contributed by atoms with van der Waals surface area (Å²) >= 11 is 9.66. The molecule has 1 saturated heterocycles. The van der Waals surface area contributed by atoms with Crippen LogP contribution in [-0.4, -0.2) is 55.1 Å². The summed E-state index contributed by atoms with van der Waals surface area (Å²) in [5, 5.41) is 5.65. The zero-order valence-corrected chi connectivity index (χ0v) is 20.3. The maximum atomic E-state index is 12.6. The Bertz CT molecular complexity index is 1260. The molecular weight excluding hydrogens is 460 g/mol. The van der Waals surface area contributed by atoms with Crippen LogP contribution in [0, 0.1) is 0 Å². The largest absolute Gasteiger partial charge is 0.350 e. The second-order valence-corrected chi connectivity index (χ2v) is 10.4. The molecule has 4 aromatic rings. The van der Waals surface area contributed by atoms with Crippen molar-refractivity contribution in [2.24, 2.45) is 0 Å². The number of aryl methyl sites for hydroxylation is 1. The molecule has 1 fully saturated rings. The molecule has 166 valence electrons. The molecule has 2 aromatic carbocycles. The lowest BCUT2D eigenvalue weighted by Gasteiger charge is -2.34. The molecule has 1 aliphatic rings. The van der Waals surface area contributed by atoms with Crippen LogP contribution in [0.25, 0.3) is 20.3 Å². The Labute approximate surface area is 200 Å². The van der Waals surface area contributed by atoms with Gasteiger partial charge in [-0.2, -0.15) is 0 Å². The first-order chi connectivity index (χ1) is 15.6. The number of amides is 1. The number of carbonyl (C=O) groups excluding carboxylic acids is 1. The third-order valence-electron chi connectivity index (χ3n) is 5.95. The molecule has 0 atom stereocenters. The number of aromatic nitrogens is 1. The van der Waals surface area contributed by atoms with Gasteiger partial charge in [0.2, 0.25) is 0 Å². The summed E-state index contributed by atoms with van der Waals surface area (Å²) in [4.78, 5) is 22.8. The number of rotatable bonds is 6. The van der Waals surface area contributed by atoms with E-state index in [-0.39, 0.29) is 5.91 Å². The minimum atomic E-state index is -0.0873. The number of benzene rings is 2. The standard InChI is InChI=1S/C24H25ClN4OS2/c1-2-16-7-8-18-20(15-16)32-24(27-18)29-13-11-28(12-14-29)10-9-26-23(30)22-21(25)17-5-3-4-6-19(17)31-22/h3-8,15H,2,9-14H2,1H3,(H,26,30). The van der Waals surface area contributed by atoms with Crippen molar-refractivity contribution in [3.05, 3.63) is 57.9 Å². The third-order valence-corrected chi connectivity index (χ3v) is 8.70. The van der Waals surface area contributed by atoms with Gasteiger partial charge in [0.25, 0.3) is 5.91 Å². The molecule has 0 radical (unpaired) electrons. The molecule has 8 heteroatoms. The van der Waals surface area contributed by atoms with E-state index in [1.54, 1.807) is 11.3 Å². The van der Waals surface area contributed by atoms with Gasteiger partial charge in [-0.15, -0.1) is 11.3 Å². The number of piperazine rings is 1. The number of thiazole rings is 1. The highest BCUT2D eigenvalue weighted by atomic mass is 35.5. The van der Waals surface area contributed by atoms with E-state index in [4.69, 9.17) is 16.6 Å². The zero-order chi connectivity index (χ0) is 22.1. The minimum absolute atomic E-state index is 0.0873. The van der Waals surface area contributed by atoms with Gasteiger partial charge in [0.1, 0.15) is 4.88 Å². The summed E-state index contributed by atoms with van der Waals surface area (Å²) in [6, 6.07) is 14.4. The number of nitrogens with zero attached hydrogens (tertiary/aromatic N) is 3. The van der Waals surface area contributed by atoms with Crippen molar-refractivity contribution in [2.75, 3.05) is 44.2 Å². The monoisotopic (exact) mass is 484 g/mol. The Morgan fingerprint density at radius 3 is 2.69 bits per heavy atom. The quantitative estimate of drug-likeness (QED) is 0.404. The lowest BCUT2D eigenvalue weighted by Crippen LogP contribution is -2.48. The van der Waals surface area contributed by atoms with Crippen LogP contribution in [0.3, 0.4) is 0 Å². The van der Waals surface area contributed by atoms with E-state index in [2.05, 4.69) is 40.2 Å². The molecule has 5 rings (SSSR count). The van der Waals surface area contributed by atoms with Crippen LogP contribution in [0.15, 0.2) is 42.5 Å². The van der Waals surface area contributed by atoms with Crippen LogP contribution in [0.5, 0.6) is 0 Å². The predicted octanol–water partition coefficient (Wildman–Crippen LogP) is 5.28. The third kappa shape index (κ3) is 4.35. The van der Waals surface area contributed by atoms with Crippen LogP contribution < -0.4 is 10.2 Å². The number of thiophene rings is 1. The van der Waals surface area contributed by atoms with Crippen LogP contribution in [-0.2, 0) is 6.42 Å². The minimum Gasteiger partial charge on any atom is -0.350 e. The van der Waals surface area contributed by atoms with Gasteiger partial charge in [-0.05, 0) is 30.2 Å². The molecule has 1 N–H and O–H groups in total. The van der Waals surface area contributed by atoms with Gasteiger partial charge in [-0.1, -0.05) is 54.1 Å². The smallest absolute Gasteiger partial charge is 0.262 e. The van der Waals surface area contributed by atoms with Crippen molar-refractivity contribution in [1.82, 2.24) is 15.2 Å². The molecule has 32 heavy (non-hydrogen) atoms. The van der Waals surface area contributed by atoms with E-state index >= 15 is 0 Å². The first-order valence-electron chi connectivity index (χ1n) is 10.9. The second kappa shape index (κ2) is 9.35. The average Bonchev–Trinajstić information content (AvgIpc) is 3.40. The van der Waals surface area contributed by atoms with Gasteiger partial charge in [0, 0.05) is 49.4 Å². The molecule has 0 saturated carbocycles. The van der Waals surface area contributed by atoms with Gasteiger partial charge in [0.05, 0.1) is 15.2 Å². The molecule has 2 aromatic heterocycles. The maximum Gasteiger partial charge on any atom is 0.262 e. The molecule has 5 nitrogen and oxygen atoms in total. The number of carbonyl (C=O) groups is 1. The molecule has 1 amide bonds. The Morgan fingerprint density at radius 1 is 1.09 bits per heavy atom. The first-order valence-corrected chi connectivity index (χ1v) is 13.0. The fourth-order valence-electron chi connectivity index (χ4n) is 4.04. The average molecular weight is 485 g/mol. The fourth-order valence-corrected chi connectivity index (χ4v) is 6.56. The summed E-state index contributed by atoms with van der Waals surface area (Å²) in [7, 11) is 0. The van der Waals surface area contributed by atoms with Crippen LogP contribution >= 0.6 is 34.3 Å². The van der Waals surface area contributed by atoms with E-state index in [0.29, 0.717) is 16.4 Å². The van der Waals surface area contributed by atoms with Gasteiger partial charge in [0.15, 0.2) is 5.13 Å². The molecule has 0 spiro atoms. The molecule has 0 aliphatic carbocycles. The van der Waals surface area contributed by atoms with Crippen molar-refractivity contribution in [3.8, 4) is 0 Å². The summed E-state index contributed by atoms with van der Waals surface area (Å²) in [6.07, 6.45) is 1.05. The number of hydrogen-bond donors (Lipinski definition) is 1. The van der Waals surface area contributed by atoms with Crippen molar-refractivity contribution in [2.45, 2.75) is 13.3 Å². The Kier molecular flexibility index (Phi) is 6.33. The zero-order valence-electron chi connectivity index (χ0n) is 17.9. The summed E-state index contributed by atoms with van der Waals surface area (Å²) < 4.78 is 2.31.